The standard InChI is InChI=1S/C16H19ClN4O2/c1-18-14-15(17)19-10-20-16(14)21-6-7-23-13(9-21)11-4-3-5-12(8-11)22-2/h3-5,8,10,13,18H,6-7,9H2,1-2H3. The van der Waals surface area contributed by atoms with Gasteiger partial charge in [0.15, 0.2) is 11.0 Å². The number of hydrogen-bond donors (Lipinski definition) is 1. The highest BCUT2D eigenvalue weighted by atomic mass is 35.5. The van der Waals surface area contributed by atoms with Gasteiger partial charge in [0.1, 0.15) is 23.9 Å². The molecule has 1 unspecified atom stereocenters. The summed E-state index contributed by atoms with van der Waals surface area (Å²) >= 11 is 6.15. The molecule has 1 aromatic carbocycles. The Morgan fingerprint density at radius 2 is 2.26 bits per heavy atom. The number of ether oxygens (including phenoxy) is 2. The molecule has 0 spiro atoms. The predicted molar refractivity (Wildman–Crippen MR) is 90.5 cm³/mol. The third-order valence-corrected chi connectivity index (χ3v) is 4.15. The van der Waals surface area contributed by atoms with Gasteiger partial charge < -0.3 is 19.7 Å². The molecule has 0 saturated carbocycles. The first kappa shape index (κ1) is 15.8. The lowest BCUT2D eigenvalue weighted by atomic mass is 10.1. The van der Waals surface area contributed by atoms with Crippen LogP contribution in [0.15, 0.2) is 30.6 Å². The Balaban J connectivity index is 1.85. The van der Waals surface area contributed by atoms with Gasteiger partial charge in [-0.05, 0) is 17.7 Å². The SMILES string of the molecule is CNc1c(Cl)ncnc1N1CCOC(c2cccc(OC)c2)C1. The lowest BCUT2D eigenvalue weighted by molar-refractivity contribution is 0.0394. The number of aromatic nitrogens is 2. The Bertz CT molecular complexity index is 683. The summed E-state index contributed by atoms with van der Waals surface area (Å²) in [6.07, 6.45) is 1.44. The lowest BCUT2D eigenvalue weighted by Gasteiger charge is -2.34. The number of anilines is 2. The second-order valence-corrected chi connectivity index (χ2v) is 5.55. The summed E-state index contributed by atoms with van der Waals surface area (Å²) in [5, 5.41) is 3.49. The smallest absolute Gasteiger partial charge is 0.157 e. The molecule has 1 atom stereocenters. The van der Waals surface area contributed by atoms with E-state index in [9.17, 15) is 0 Å². The zero-order chi connectivity index (χ0) is 16.2. The largest absolute Gasteiger partial charge is 0.497 e. The van der Waals surface area contributed by atoms with E-state index in [2.05, 4.69) is 20.2 Å². The van der Waals surface area contributed by atoms with Gasteiger partial charge in [0.05, 0.1) is 13.7 Å². The first-order valence-electron chi connectivity index (χ1n) is 7.41. The van der Waals surface area contributed by atoms with Gasteiger partial charge in [-0.2, -0.15) is 0 Å². The van der Waals surface area contributed by atoms with Crippen molar-refractivity contribution in [2.75, 3.05) is 44.1 Å². The zero-order valence-corrected chi connectivity index (χ0v) is 13.9. The van der Waals surface area contributed by atoms with Gasteiger partial charge >= 0.3 is 0 Å². The van der Waals surface area contributed by atoms with Gasteiger partial charge in [-0.15, -0.1) is 0 Å². The van der Waals surface area contributed by atoms with Crippen LogP contribution in [-0.2, 0) is 4.74 Å². The Morgan fingerprint density at radius 1 is 1.39 bits per heavy atom. The summed E-state index contributed by atoms with van der Waals surface area (Å²) in [6.45, 7) is 2.06. The van der Waals surface area contributed by atoms with Crippen LogP contribution < -0.4 is 15.0 Å². The number of nitrogens with zero attached hydrogens (tertiary/aromatic N) is 3. The summed E-state index contributed by atoms with van der Waals surface area (Å²) in [5.41, 5.74) is 1.82. The van der Waals surface area contributed by atoms with E-state index < -0.39 is 0 Å². The predicted octanol–water partition coefficient (Wildman–Crippen LogP) is 2.76. The first-order valence-corrected chi connectivity index (χ1v) is 7.79. The van der Waals surface area contributed by atoms with Crippen LogP contribution in [0.3, 0.4) is 0 Å². The summed E-state index contributed by atoms with van der Waals surface area (Å²) in [5.74, 6) is 1.62. The maximum Gasteiger partial charge on any atom is 0.157 e. The zero-order valence-electron chi connectivity index (χ0n) is 13.1. The molecule has 122 valence electrons. The van der Waals surface area contributed by atoms with E-state index >= 15 is 0 Å². The van der Waals surface area contributed by atoms with E-state index in [4.69, 9.17) is 21.1 Å². The van der Waals surface area contributed by atoms with Crippen LogP contribution in [0.2, 0.25) is 5.15 Å². The number of halogens is 1. The number of rotatable bonds is 4. The molecule has 0 bridgehead atoms. The molecule has 1 aliphatic rings. The molecule has 1 fully saturated rings. The molecule has 6 nitrogen and oxygen atoms in total. The minimum absolute atomic E-state index is 0.0442. The van der Waals surface area contributed by atoms with Crippen molar-refractivity contribution in [2.24, 2.45) is 0 Å². The third-order valence-electron chi connectivity index (χ3n) is 3.86. The van der Waals surface area contributed by atoms with Gasteiger partial charge in [0, 0.05) is 20.1 Å². The van der Waals surface area contributed by atoms with Crippen LogP contribution >= 0.6 is 11.6 Å². The lowest BCUT2D eigenvalue weighted by Crippen LogP contribution is -2.39. The third kappa shape index (κ3) is 3.33. The van der Waals surface area contributed by atoms with Crippen LogP contribution in [0.5, 0.6) is 5.75 Å². The molecule has 7 heteroatoms. The van der Waals surface area contributed by atoms with E-state index in [0.29, 0.717) is 18.3 Å². The summed E-state index contributed by atoms with van der Waals surface area (Å²) < 4.78 is 11.2. The van der Waals surface area contributed by atoms with Gasteiger partial charge in [0.2, 0.25) is 0 Å². The molecule has 2 heterocycles. The second-order valence-electron chi connectivity index (χ2n) is 5.20. The monoisotopic (exact) mass is 334 g/mol. The quantitative estimate of drug-likeness (QED) is 0.868. The molecular formula is C16H19ClN4O2. The fourth-order valence-electron chi connectivity index (χ4n) is 2.70. The Kier molecular flexibility index (Phi) is 4.83. The Labute approximate surface area is 140 Å². The Morgan fingerprint density at radius 3 is 3.04 bits per heavy atom. The van der Waals surface area contributed by atoms with Crippen LogP contribution in [0.4, 0.5) is 11.5 Å². The maximum absolute atomic E-state index is 6.15. The van der Waals surface area contributed by atoms with E-state index in [-0.39, 0.29) is 6.10 Å². The number of methoxy groups -OCH3 is 1. The highest BCUT2D eigenvalue weighted by molar-refractivity contribution is 6.32. The van der Waals surface area contributed by atoms with E-state index in [1.54, 1.807) is 7.11 Å². The van der Waals surface area contributed by atoms with Gasteiger partial charge in [-0.3, -0.25) is 0 Å². The van der Waals surface area contributed by atoms with E-state index in [1.165, 1.54) is 6.33 Å². The average Bonchev–Trinajstić information content (AvgIpc) is 2.61. The Hall–Kier alpha value is -2.05. The van der Waals surface area contributed by atoms with Crippen molar-refractivity contribution in [1.82, 2.24) is 9.97 Å². The van der Waals surface area contributed by atoms with Crippen molar-refractivity contribution in [1.29, 1.82) is 0 Å². The fraction of sp³-hybridized carbons (Fsp3) is 0.375. The first-order chi connectivity index (χ1) is 11.2. The molecule has 0 amide bonds. The normalized spacial score (nSPS) is 17.9. The van der Waals surface area contributed by atoms with Crippen molar-refractivity contribution < 1.29 is 9.47 Å². The highest BCUT2D eigenvalue weighted by Gasteiger charge is 2.25. The van der Waals surface area contributed by atoms with Crippen molar-refractivity contribution >= 4 is 23.1 Å². The van der Waals surface area contributed by atoms with Crippen molar-refractivity contribution in [3.05, 3.63) is 41.3 Å². The molecule has 0 radical (unpaired) electrons. The minimum Gasteiger partial charge on any atom is -0.497 e. The van der Waals surface area contributed by atoms with Gasteiger partial charge in [-0.1, -0.05) is 23.7 Å². The molecule has 3 rings (SSSR count). The topological polar surface area (TPSA) is 59.5 Å². The number of benzene rings is 1. The molecular weight excluding hydrogens is 316 g/mol. The van der Waals surface area contributed by atoms with Gasteiger partial charge in [-0.25, -0.2) is 9.97 Å². The molecule has 23 heavy (non-hydrogen) atoms. The van der Waals surface area contributed by atoms with Crippen molar-refractivity contribution in [2.45, 2.75) is 6.10 Å². The highest BCUT2D eigenvalue weighted by Crippen LogP contribution is 2.33. The summed E-state index contributed by atoms with van der Waals surface area (Å²) in [4.78, 5) is 10.6. The fourth-order valence-corrected chi connectivity index (χ4v) is 2.92. The van der Waals surface area contributed by atoms with Crippen LogP contribution in [0.1, 0.15) is 11.7 Å². The molecule has 1 saturated heterocycles. The molecule has 2 aromatic rings. The number of morpholine rings is 1. The average molecular weight is 335 g/mol. The van der Waals surface area contributed by atoms with Gasteiger partial charge in [0.25, 0.3) is 0 Å². The maximum atomic E-state index is 6.15. The van der Waals surface area contributed by atoms with Crippen LogP contribution in [-0.4, -0.2) is 43.8 Å². The number of hydrogen-bond acceptors (Lipinski definition) is 6. The summed E-state index contributed by atoms with van der Waals surface area (Å²) in [7, 11) is 3.48. The summed E-state index contributed by atoms with van der Waals surface area (Å²) in [6, 6.07) is 7.94. The van der Waals surface area contributed by atoms with Crippen molar-refractivity contribution in [3.8, 4) is 5.75 Å². The van der Waals surface area contributed by atoms with Crippen molar-refractivity contribution in [3.63, 3.8) is 0 Å². The molecule has 0 aliphatic carbocycles. The second kappa shape index (κ2) is 7.02. The minimum atomic E-state index is -0.0442. The van der Waals surface area contributed by atoms with E-state index in [0.717, 1.165) is 29.4 Å². The molecule has 1 N–H and O–H groups in total. The molecule has 1 aromatic heterocycles. The van der Waals surface area contributed by atoms with Crippen LogP contribution in [0, 0.1) is 0 Å². The number of nitrogens with one attached hydrogen (secondary N) is 1. The molecule has 1 aliphatic heterocycles. The van der Waals surface area contributed by atoms with E-state index in [1.807, 2.05) is 31.3 Å². The van der Waals surface area contributed by atoms with Crippen LogP contribution in [0.25, 0.3) is 0 Å².